The number of rotatable bonds is 3. The van der Waals surface area contributed by atoms with Gasteiger partial charge in [-0.2, -0.15) is 0 Å². The average molecular weight is 241 g/mol. The number of para-hydroxylation sites is 1. The summed E-state index contributed by atoms with van der Waals surface area (Å²) in [5.74, 6) is 0. The maximum absolute atomic E-state index is 6.10. The number of hydrogen-bond acceptors (Lipinski definition) is 3. The van der Waals surface area contributed by atoms with E-state index in [-0.39, 0.29) is 0 Å². The summed E-state index contributed by atoms with van der Waals surface area (Å²) >= 11 is 6.10. The van der Waals surface area contributed by atoms with Gasteiger partial charge in [0.1, 0.15) is 0 Å². The molecule has 1 saturated carbocycles. The Morgan fingerprint density at radius 1 is 1.44 bits per heavy atom. The minimum absolute atomic E-state index is 0.362. The first-order valence-corrected chi connectivity index (χ1v) is 5.92. The SMILES string of the molecule is COC1CCC(Nc2c(N)cccc2Cl)C1. The van der Waals surface area contributed by atoms with Crippen molar-refractivity contribution in [2.75, 3.05) is 18.2 Å². The Kier molecular flexibility index (Phi) is 3.56. The van der Waals surface area contributed by atoms with Crippen LogP contribution in [-0.2, 0) is 4.74 Å². The lowest BCUT2D eigenvalue weighted by molar-refractivity contribution is 0.108. The highest BCUT2D eigenvalue weighted by atomic mass is 35.5. The normalized spacial score (nSPS) is 24.6. The molecule has 1 aliphatic carbocycles. The van der Waals surface area contributed by atoms with Crippen LogP contribution in [0.25, 0.3) is 0 Å². The number of hydrogen-bond donors (Lipinski definition) is 2. The molecule has 2 rings (SSSR count). The third kappa shape index (κ3) is 2.42. The van der Waals surface area contributed by atoms with E-state index < -0.39 is 0 Å². The lowest BCUT2D eigenvalue weighted by Crippen LogP contribution is -2.18. The lowest BCUT2D eigenvalue weighted by atomic mass is 10.2. The molecule has 0 amide bonds. The Hall–Kier alpha value is -0.930. The van der Waals surface area contributed by atoms with Gasteiger partial charge in [-0.1, -0.05) is 17.7 Å². The number of ether oxygens (including phenoxy) is 1. The van der Waals surface area contributed by atoms with Crippen molar-refractivity contribution < 1.29 is 4.74 Å². The predicted molar refractivity (Wildman–Crippen MR) is 67.9 cm³/mol. The summed E-state index contributed by atoms with van der Waals surface area (Å²) in [4.78, 5) is 0. The van der Waals surface area contributed by atoms with Gasteiger partial charge in [-0.3, -0.25) is 0 Å². The first-order valence-electron chi connectivity index (χ1n) is 5.54. The first kappa shape index (κ1) is 11.6. The van der Waals surface area contributed by atoms with Crippen molar-refractivity contribution in [3.05, 3.63) is 23.2 Å². The van der Waals surface area contributed by atoms with Gasteiger partial charge in [0.15, 0.2) is 0 Å². The molecule has 1 aromatic rings. The number of anilines is 2. The zero-order chi connectivity index (χ0) is 11.5. The maximum atomic E-state index is 6.10. The second kappa shape index (κ2) is 4.93. The molecule has 2 unspecified atom stereocenters. The first-order chi connectivity index (χ1) is 7.70. The monoisotopic (exact) mass is 240 g/mol. The Bertz CT molecular complexity index is 350. The minimum atomic E-state index is 0.362. The van der Waals surface area contributed by atoms with Gasteiger partial charge in [-0.15, -0.1) is 0 Å². The Morgan fingerprint density at radius 3 is 2.88 bits per heavy atom. The third-order valence-corrected chi connectivity index (χ3v) is 3.43. The quantitative estimate of drug-likeness (QED) is 0.799. The molecule has 0 aliphatic heterocycles. The average Bonchev–Trinajstić information content (AvgIpc) is 2.71. The van der Waals surface area contributed by atoms with Crippen LogP contribution in [0.2, 0.25) is 5.02 Å². The molecule has 0 bridgehead atoms. The van der Waals surface area contributed by atoms with Gasteiger partial charge in [0.25, 0.3) is 0 Å². The third-order valence-electron chi connectivity index (χ3n) is 3.11. The Balaban J connectivity index is 2.04. The Morgan fingerprint density at radius 2 is 2.25 bits per heavy atom. The maximum Gasteiger partial charge on any atom is 0.0765 e. The topological polar surface area (TPSA) is 47.3 Å². The molecule has 2 atom stereocenters. The smallest absolute Gasteiger partial charge is 0.0765 e. The molecule has 0 spiro atoms. The summed E-state index contributed by atoms with van der Waals surface area (Å²) in [6.45, 7) is 0. The molecule has 0 aromatic heterocycles. The predicted octanol–water partition coefficient (Wildman–Crippen LogP) is 2.90. The molecule has 1 aliphatic rings. The molecule has 88 valence electrons. The molecule has 4 heteroatoms. The van der Waals surface area contributed by atoms with Gasteiger partial charge >= 0.3 is 0 Å². The minimum Gasteiger partial charge on any atom is -0.397 e. The number of nitrogens with two attached hydrogens (primary N) is 1. The van der Waals surface area contributed by atoms with E-state index in [9.17, 15) is 0 Å². The zero-order valence-electron chi connectivity index (χ0n) is 9.37. The fourth-order valence-electron chi connectivity index (χ4n) is 2.18. The van der Waals surface area contributed by atoms with Crippen LogP contribution in [-0.4, -0.2) is 19.3 Å². The van der Waals surface area contributed by atoms with Crippen LogP contribution in [0.4, 0.5) is 11.4 Å². The van der Waals surface area contributed by atoms with Gasteiger partial charge < -0.3 is 15.8 Å². The summed E-state index contributed by atoms with van der Waals surface area (Å²) in [6, 6.07) is 5.97. The summed E-state index contributed by atoms with van der Waals surface area (Å²) in [6.07, 6.45) is 3.57. The molecular formula is C12H17ClN2O. The van der Waals surface area contributed by atoms with Crippen molar-refractivity contribution in [3.8, 4) is 0 Å². The van der Waals surface area contributed by atoms with Gasteiger partial charge in [0.05, 0.1) is 22.5 Å². The molecule has 0 saturated heterocycles. The van der Waals surface area contributed by atoms with E-state index in [4.69, 9.17) is 22.1 Å². The molecule has 1 fully saturated rings. The Labute approximate surface area is 101 Å². The van der Waals surface area contributed by atoms with E-state index in [0.717, 1.165) is 24.9 Å². The summed E-state index contributed by atoms with van der Waals surface area (Å²) < 4.78 is 5.34. The highest BCUT2D eigenvalue weighted by Crippen LogP contribution is 2.32. The van der Waals surface area contributed by atoms with E-state index in [1.807, 2.05) is 18.2 Å². The van der Waals surface area contributed by atoms with E-state index in [2.05, 4.69) is 5.32 Å². The van der Waals surface area contributed by atoms with Crippen LogP contribution in [0, 0.1) is 0 Å². The second-order valence-electron chi connectivity index (χ2n) is 4.22. The van der Waals surface area contributed by atoms with Crippen molar-refractivity contribution in [1.82, 2.24) is 0 Å². The lowest BCUT2D eigenvalue weighted by Gasteiger charge is -2.17. The molecule has 0 heterocycles. The van der Waals surface area contributed by atoms with Crippen LogP contribution < -0.4 is 11.1 Å². The number of nitrogen functional groups attached to an aromatic ring is 1. The van der Waals surface area contributed by atoms with Crippen LogP contribution in [0.5, 0.6) is 0 Å². The van der Waals surface area contributed by atoms with Gasteiger partial charge in [-0.05, 0) is 31.4 Å². The number of nitrogens with one attached hydrogen (secondary N) is 1. The van der Waals surface area contributed by atoms with Crippen molar-refractivity contribution in [2.45, 2.75) is 31.4 Å². The van der Waals surface area contributed by atoms with Crippen molar-refractivity contribution >= 4 is 23.0 Å². The van der Waals surface area contributed by atoms with Crippen LogP contribution >= 0.6 is 11.6 Å². The summed E-state index contributed by atoms with van der Waals surface area (Å²) in [5, 5.41) is 4.09. The molecule has 3 nitrogen and oxygen atoms in total. The molecule has 16 heavy (non-hydrogen) atoms. The van der Waals surface area contributed by atoms with E-state index >= 15 is 0 Å². The van der Waals surface area contributed by atoms with Crippen LogP contribution in [0.3, 0.4) is 0 Å². The van der Waals surface area contributed by atoms with E-state index in [1.54, 1.807) is 7.11 Å². The van der Waals surface area contributed by atoms with Gasteiger partial charge in [0, 0.05) is 13.2 Å². The fourth-order valence-corrected chi connectivity index (χ4v) is 2.42. The standard InChI is InChI=1S/C12H17ClN2O/c1-16-9-6-5-8(7-9)15-12-10(13)3-2-4-11(12)14/h2-4,8-9,15H,5-7,14H2,1H3. The van der Waals surface area contributed by atoms with E-state index in [0.29, 0.717) is 22.9 Å². The van der Waals surface area contributed by atoms with Crippen molar-refractivity contribution in [3.63, 3.8) is 0 Å². The number of halogens is 1. The second-order valence-corrected chi connectivity index (χ2v) is 4.62. The number of benzene rings is 1. The molecule has 0 radical (unpaired) electrons. The van der Waals surface area contributed by atoms with Gasteiger partial charge in [0.2, 0.25) is 0 Å². The fraction of sp³-hybridized carbons (Fsp3) is 0.500. The summed E-state index contributed by atoms with van der Waals surface area (Å²) in [5.41, 5.74) is 7.44. The van der Waals surface area contributed by atoms with E-state index in [1.165, 1.54) is 0 Å². The van der Waals surface area contributed by atoms with Gasteiger partial charge in [-0.25, -0.2) is 0 Å². The van der Waals surface area contributed by atoms with Crippen LogP contribution in [0.1, 0.15) is 19.3 Å². The van der Waals surface area contributed by atoms with Crippen molar-refractivity contribution in [1.29, 1.82) is 0 Å². The molecular weight excluding hydrogens is 224 g/mol. The molecule has 3 N–H and O–H groups in total. The highest BCUT2D eigenvalue weighted by molar-refractivity contribution is 6.33. The summed E-state index contributed by atoms with van der Waals surface area (Å²) in [7, 11) is 1.76. The van der Waals surface area contributed by atoms with Crippen LogP contribution in [0.15, 0.2) is 18.2 Å². The highest BCUT2D eigenvalue weighted by Gasteiger charge is 2.25. The largest absolute Gasteiger partial charge is 0.397 e. The van der Waals surface area contributed by atoms with Crippen molar-refractivity contribution in [2.24, 2.45) is 0 Å². The number of methoxy groups -OCH3 is 1. The zero-order valence-corrected chi connectivity index (χ0v) is 10.1. The molecule has 1 aromatic carbocycles.